The van der Waals surface area contributed by atoms with Gasteiger partial charge in [0, 0.05) is 6.61 Å². The lowest BCUT2D eigenvalue weighted by atomic mass is 9.99. The number of hydrogen-bond acceptors (Lipinski definition) is 6. The first kappa shape index (κ1) is 12.8. The van der Waals surface area contributed by atoms with E-state index in [0.717, 1.165) is 6.42 Å². The maximum absolute atomic E-state index is 9.51. The molecule has 0 aliphatic carbocycles. The van der Waals surface area contributed by atoms with E-state index in [0.29, 0.717) is 6.61 Å². The highest BCUT2D eigenvalue weighted by Gasteiger charge is 2.43. The van der Waals surface area contributed by atoms with Crippen LogP contribution in [0, 0.1) is 0 Å². The topological polar surface area (TPSA) is 99.4 Å². The van der Waals surface area contributed by atoms with E-state index in [1.807, 2.05) is 6.92 Å². The second kappa shape index (κ2) is 5.74. The molecule has 5 atom stereocenters. The Morgan fingerprint density at radius 3 is 2.33 bits per heavy atom. The van der Waals surface area contributed by atoms with E-state index >= 15 is 0 Å². The minimum absolute atomic E-state index is 0.378. The van der Waals surface area contributed by atoms with Crippen LogP contribution < -0.4 is 0 Å². The molecule has 15 heavy (non-hydrogen) atoms. The summed E-state index contributed by atoms with van der Waals surface area (Å²) in [7, 11) is 0. The summed E-state index contributed by atoms with van der Waals surface area (Å²) in [5.41, 5.74) is 0. The number of ether oxygens (including phenoxy) is 2. The molecular weight excluding hydrogens is 204 g/mol. The van der Waals surface area contributed by atoms with Gasteiger partial charge >= 0.3 is 0 Å². The molecule has 4 N–H and O–H groups in total. The van der Waals surface area contributed by atoms with Crippen LogP contribution in [0.4, 0.5) is 0 Å². The molecule has 1 rings (SSSR count). The minimum atomic E-state index is -1.36. The van der Waals surface area contributed by atoms with Gasteiger partial charge in [-0.25, -0.2) is 0 Å². The van der Waals surface area contributed by atoms with Gasteiger partial charge in [0.15, 0.2) is 6.29 Å². The Bertz CT molecular complexity index is 185. The fourth-order valence-electron chi connectivity index (χ4n) is 1.44. The van der Waals surface area contributed by atoms with Crippen molar-refractivity contribution in [1.82, 2.24) is 0 Å². The van der Waals surface area contributed by atoms with Crippen molar-refractivity contribution in [3.05, 3.63) is 0 Å². The van der Waals surface area contributed by atoms with Crippen molar-refractivity contribution in [2.24, 2.45) is 0 Å². The van der Waals surface area contributed by atoms with E-state index in [9.17, 15) is 15.3 Å². The molecule has 0 radical (unpaired) electrons. The van der Waals surface area contributed by atoms with Crippen LogP contribution in [0.5, 0.6) is 0 Å². The van der Waals surface area contributed by atoms with Crippen LogP contribution >= 0.6 is 0 Å². The van der Waals surface area contributed by atoms with Crippen LogP contribution in [0.15, 0.2) is 0 Å². The van der Waals surface area contributed by atoms with Crippen molar-refractivity contribution in [3.8, 4) is 0 Å². The van der Waals surface area contributed by atoms with E-state index in [1.165, 1.54) is 0 Å². The summed E-state index contributed by atoms with van der Waals surface area (Å²) in [6, 6.07) is 0. The van der Waals surface area contributed by atoms with Gasteiger partial charge in [0.05, 0.1) is 6.61 Å². The lowest BCUT2D eigenvalue weighted by Crippen LogP contribution is -2.59. The molecule has 0 saturated carbocycles. The van der Waals surface area contributed by atoms with Crippen molar-refractivity contribution in [2.45, 2.75) is 44.1 Å². The summed E-state index contributed by atoms with van der Waals surface area (Å²) < 4.78 is 10.2. The van der Waals surface area contributed by atoms with Crippen molar-refractivity contribution in [1.29, 1.82) is 0 Å². The van der Waals surface area contributed by atoms with E-state index in [1.54, 1.807) is 0 Å². The molecule has 0 aromatic heterocycles. The molecule has 1 heterocycles. The summed E-state index contributed by atoms with van der Waals surface area (Å²) in [4.78, 5) is 0. The third kappa shape index (κ3) is 2.87. The van der Waals surface area contributed by atoms with Crippen LogP contribution in [0.3, 0.4) is 0 Å². The van der Waals surface area contributed by atoms with Gasteiger partial charge in [-0.1, -0.05) is 6.92 Å². The highest BCUT2D eigenvalue weighted by molar-refractivity contribution is 4.88. The largest absolute Gasteiger partial charge is 0.394 e. The average molecular weight is 222 g/mol. The molecule has 0 aromatic rings. The van der Waals surface area contributed by atoms with Crippen LogP contribution in [-0.2, 0) is 9.47 Å². The zero-order chi connectivity index (χ0) is 11.4. The Morgan fingerprint density at radius 2 is 1.80 bits per heavy atom. The Hall–Kier alpha value is -0.240. The van der Waals surface area contributed by atoms with Crippen LogP contribution in [-0.4, -0.2) is 64.3 Å². The normalized spacial score (nSPS) is 41.8. The zero-order valence-corrected chi connectivity index (χ0v) is 8.61. The first-order valence-corrected chi connectivity index (χ1v) is 5.04. The number of aliphatic hydroxyl groups excluding tert-OH is 4. The standard InChI is InChI=1S/C9H18O6/c1-2-3-14-9-8(13)7(12)6(11)5(4-10)15-9/h5-13H,2-4H2,1H3/t5?,6-,7?,8?,9-/m1/s1. The minimum Gasteiger partial charge on any atom is -0.394 e. The third-order valence-electron chi connectivity index (χ3n) is 2.33. The maximum Gasteiger partial charge on any atom is 0.186 e. The summed E-state index contributed by atoms with van der Waals surface area (Å²) in [6.07, 6.45) is -5.14. The molecule has 6 heteroatoms. The van der Waals surface area contributed by atoms with Gasteiger partial charge in [0.2, 0.25) is 0 Å². The van der Waals surface area contributed by atoms with Gasteiger partial charge in [0.25, 0.3) is 0 Å². The highest BCUT2D eigenvalue weighted by atomic mass is 16.7. The Balaban J connectivity index is 2.57. The SMILES string of the molecule is CCCO[C@@H]1OC(CO)[C@@H](O)C(O)C1O. The van der Waals surface area contributed by atoms with Crippen LogP contribution in [0.25, 0.3) is 0 Å². The summed E-state index contributed by atoms with van der Waals surface area (Å²) in [5, 5.41) is 37.2. The quantitative estimate of drug-likeness (QED) is 0.448. The zero-order valence-electron chi connectivity index (χ0n) is 8.61. The molecule has 90 valence electrons. The van der Waals surface area contributed by atoms with E-state index in [4.69, 9.17) is 14.6 Å². The second-order valence-corrected chi connectivity index (χ2v) is 3.57. The molecule has 6 nitrogen and oxygen atoms in total. The van der Waals surface area contributed by atoms with Gasteiger partial charge in [-0.05, 0) is 6.42 Å². The molecular formula is C9H18O6. The van der Waals surface area contributed by atoms with Gasteiger partial charge in [-0.3, -0.25) is 0 Å². The second-order valence-electron chi connectivity index (χ2n) is 3.57. The Kier molecular flexibility index (Phi) is 4.91. The lowest BCUT2D eigenvalue weighted by molar-refractivity contribution is -0.300. The number of rotatable bonds is 4. The Morgan fingerprint density at radius 1 is 1.13 bits per heavy atom. The van der Waals surface area contributed by atoms with Crippen molar-refractivity contribution < 1.29 is 29.9 Å². The summed E-state index contributed by atoms with van der Waals surface area (Å²) in [5.74, 6) is 0. The number of hydrogen-bond donors (Lipinski definition) is 4. The molecule has 3 unspecified atom stereocenters. The summed E-state index contributed by atoms with van der Waals surface area (Å²) in [6.45, 7) is 1.84. The van der Waals surface area contributed by atoms with Gasteiger partial charge < -0.3 is 29.9 Å². The Labute approximate surface area is 88.1 Å². The smallest absolute Gasteiger partial charge is 0.186 e. The molecule has 0 amide bonds. The highest BCUT2D eigenvalue weighted by Crippen LogP contribution is 2.21. The monoisotopic (exact) mass is 222 g/mol. The van der Waals surface area contributed by atoms with Crippen molar-refractivity contribution in [2.75, 3.05) is 13.2 Å². The van der Waals surface area contributed by atoms with Crippen LogP contribution in [0.1, 0.15) is 13.3 Å². The van der Waals surface area contributed by atoms with Gasteiger partial charge in [-0.15, -0.1) is 0 Å². The first-order chi connectivity index (χ1) is 7.11. The molecule has 0 bridgehead atoms. The predicted octanol–water partition coefficient (Wildman–Crippen LogP) is -1.79. The molecule has 1 saturated heterocycles. The summed E-state index contributed by atoms with van der Waals surface area (Å²) >= 11 is 0. The average Bonchev–Trinajstić information content (AvgIpc) is 2.25. The molecule has 1 aliphatic rings. The van der Waals surface area contributed by atoms with E-state index in [-0.39, 0.29) is 0 Å². The predicted molar refractivity (Wildman–Crippen MR) is 50.0 cm³/mol. The van der Waals surface area contributed by atoms with Crippen molar-refractivity contribution >= 4 is 0 Å². The first-order valence-electron chi connectivity index (χ1n) is 5.04. The van der Waals surface area contributed by atoms with E-state index in [2.05, 4.69) is 0 Å². The molecule has 1 aliphatic heterocycles. The van der Waals surface area contributed by atoms with Gasteiger partial charge in [-0.2, -0.15) is 0 Å². The van der Waals surface area contributed by atoms with Crippen molar-refractivity contribution in [3.63, 3.8) is 0 Å². The van der Waals surface area contributed by atoms with Gasteiger partial charge in [0.1, 0.15) is 24.4 Å². The molecule has 1 fully saturated rings. The lowest BCUT2D eigenvalue weighted by Gasteiger charge is -2.39. The molecule has 0 aromatic carbocycles. The molecule has 0 spiro atoms. The third-order valence-corrected chi connectivity index (χ3v) is 2.33. The fourth-order valence-corrected chi connectivity index (χ4v) is 1.44. The maximum atomic E-state index is 9.51. The fraction of sp³-hybridized carbons (Fsp3) is 1.00. The number of aliphatic hydroxyl groups is 4. The van der Waals surface area contributed by atoms with Crippen LogP contribution in [0.2, 0.25) is 0 Å². The van der Waals surface area contributed by atoms with E-state index < -0.39 is 37.3 Å².